The second-order valence-corrected chi connectivity index (χ2v) is 8.54. The van der Waals surface area contributed by atoms with E-state index in [4.69, 9.17) is 10.5 Å². The highest BCUT2D eigenvalue weighted by atomic mass is 32.2. The number of piperidine rings is 1. The topological polar surface area (TPSA) is 127 Å². The third-order valence-electron chi connectivity index (χ3n) is 4.42. The molecule has 0 atom stereocenters. The standard InChI is InChI=1S/C13H17N5O.C6H13NO2S.C2H2/c1-3-9(12(14)17-8-19-4-2)11-7-16-13-10(18-11)5-6-15-13;1-10(8,9)7-5-3-2-4-6-7;1-2/h3,5-7H,4,8H2,1-2H3,(H2,14,17)(H,15,16);2-6H2,1H3;1-2H/b9-3-;;. The molecule has 0 radical (unpaired) electrons. The quantitative estimate of drug-likeness (QED) is 0.302. The molecule has 31 heavy (non-hydrogen) atoms. The van der Waals surface area contributed by atoms with E-state index in [9.17, 15) is 8.42 Å². The number of hydrogen-bond donors (Lipinski definition) is 2. The number of aromatic nitrogens is 3. The van der Waals surface area contributed by atoms with Crippen molar-refractivity contribution in [2.45, 2.75) is 33.1 Å². The third-order valence-corrected chi connectivity index (χ3v) is 5.72. The van der Waals surface area contributed by atoms with Crippen molar-refractivity contribution in [3.63, 3.8) is 0 Å². The molecule has 1 saturated heterocycles. The molecule has 10 heteroatoms. The number of sulfonamides is 1. The largest absolute Gasteiger partial charge is 0.383 e. The van der Waals surface area contributed by atoms with Gasteiger partial charge in [0.25, 0.3) is 0 Å². The molecule has 0 aromatic carbocycles. The Kier molecular flexibility index (Phi) is 11.5. The molecule has 3 N–H and O–H groups in total. The zero-order valence-electron chi connectivity index (χ0n) is 18.4. The molecule has 3 heterocycles. The summed E-state index contributed by atoms with van der Waals surface area (Å²) in [7, 11) is -2.89. The van der Waals surface area contributed by atoms with E-state index in [1.807, 2.05) is 26.0 Å². The lowest BCUT2D eigenvalue weighted by molar-refractivity contribution is 0.156. The highest BCUT2D eigenvalue weighted by molar-refractivity contribution is 7.88. The molecule has 0 aliphatic carbocycles. The predicted molar refractivity (Wildman–Crippen MR) is 126 cm³/mol. The van der Waals surface area contributed by atoms with Crippen LogP contribution in [-0.4, -0.2) is 66.2 Å². The molecule has 1 fully saturated rings. The van der Waals surface area contributed by atoms with Crippen molar-refractivity contribution in [3.05, 3.63) is 30.2 Å². The van der Waals surface area contributed by atoms with Crippen molar-refractivity contribution in [2.75, 3.05) is 32.7 Å². The summed E-state index contributed by atoms with van der Waals surface area (Å²) in [4.78, 5) is 15.9. The molecule has 3 rings (SSSR count). The molecule has 0 saturated carbocycles. The summed E-state index contributed by atoms with van der Waals surface area (Å²) >= 11 is 0. The SMILES string of the molecule is C#C.C/C=C(\C(N)=N/COCC)c1cnc2[nH]ccc2n1.CS(=O)(=O)N1CCCCC1. The first-order chi connectivity index (χ1) is 14.9. The van der Waals surface area contributed by atoms with Crippen LogP contribution in [-0.2, 0) is 14.8 Å². The van der Waals surface area contributed by atoms with Gasteiger partial charge in [-0.3, -0.25) is 0 Å². The third kappa shape index (κ3) is 8.49. The lowest BCUT2D eigenvalue weighted by Crippen LogP contribution is -2.34. The molecule has 0 spiro atoms. The lowest BCUT2D eigenvalue weighted by Gasteiger charge is -2.23. The summed E-state index contributed by atoms with van der Waals surface area (Å²) in [5.41, 5.74) is 8.96. The maximum Gasteiger partial charge on any atom is 0.211 e. The fourth-order valence-corrected chi connectivity index (χ4v) is 3.80. The summed E-state index contributed by atoms with van der Waals surface area (Å²) in [6, 6.07) is 1.87. The average Bonchev–Trinajstić information content (AvgIpc) is 3.24. The molecule has 2 aromatic rings. The number of nitrogens with zero attached hydrogens (tertiary/aromatic N) is 4. The van der Waals surface area contributed by atoms with Crippen LogP contribution in [0.2, 0.25) is 0 Å². The number of aliphatic imine (C=N–C) groups is 1. The van der Waals surface area contributed by atoms with Crippen molar-refractivity contribution in [2.24, 2.45) is 10.7 Å². The Bertz CT molecular complexity index is 989. The van der Waals surface area contributed by atoms with E-state index in [-0.39, 0.29) is 6.73 Å². The minimum Gasteiger partial charge on any atom is -0.383 e. The predicted octanol–water partition coefficient (Wildman–Crippen LogP) is 2.39. The van der Waals surface area contributed by atoms with Crippen molar-refractivity contribution >= 4 is 32.6 Å². The normalized spacial score (nSPS) is 15.5. The van der Waals surface area contributed by atoms with Gasteiger partial charge in [0.15, 0.2) is 5.65 Å². The van der Waals surface area contributed by atoms with Crippen LogP contribution in [0.1, 0.15) is 38.8 Å². The first kappa shape index (κ1) is 26.3. The number of rotatable bonds is 6. The van der Waals surface area contributed by atoms with Gasteiger partial charge in [-0.05, 0) is 32.8 Å². The summed E-state index contributed by atoms with van der Waals surface area (Å²) in [5, 5.41) is 0. The zero-order chi connectivity index (χ0) is 23.3. The second-order valence-electron chi connectivity index (χ2n) is 6.56. The van der Waals surface area contributed by atoms with Crippen molar-refractivity contribution in [1.82, 2.24) is 19.3 Å². The van der Waals surface area contributed by atoms with Crippen molar-refractivity contribution < 1.29 is 13.2 Å². The smallest absolute Gasteiger partial charge is 0.211 e. The number of fused-ring (bicyclic) bond motifs is 1. The fourth-order valence-electron chi connectivity index (χ4n) is 2.88. The van der Waals surface area contributed by atoms with Gasteiger partial charge in [-0.1, -0.05) is 12.5 Å². The number of amidine groups is 1. The Labute approximate surface area is 184 Å². The van der Waals surface area contributed by atoms with E-state index in [1.165, 1.54) is 12.7 Å². The highest BCUT2D eigenvalue weighted by Crippen LogP contribution is 2.15. The van der Waals surface area contributed by atoms with Crippen molar-refractivity contribution in [1.29, 1.82) is 0 Å². The van der Waals surface area contributed by atoms with Gasteiger partial charge in [0.2, 0.25) is 10.0 Å². The van der Waals surface area contributed by atoms with Gasteiger partial charge >= 0.3 is 0 Å². The van der Waals surface area contributed by atoms with E-state index in [1.54, 1.807) is 16.7 Å². The number of aromatic amines is 1. The van der Waals surface area contributed by atoms with Crippen LogP contribution >= 0.6 is 0 Å². The molecule has 0 unspecified atom stereocenters. The Hall–Kier alpha value is -2.74. The number of ether oxygens (including phenoxy) is 1. The molecule has 9 nitrogen and oxygen atoms in total. The number of allylic oxidation sites excluding steroid dienone is 1. The lowest BCUT2D eigenvalue weighted by atomic mass is 10.1. The summed E-state index contributed by atoms with van der Waals surface area (Å²) < 4.78 is 28.5. The Morgan fingerprint density at radius 2 is 2.03 bits per heavy atom. The Balaban J connectivity index is 0.000000337. The number of nitrogens with one attached hydrogen (secondary N) is 1. The van der Waals surface area contributed by atoms with Crippen LogP contribution in [0.5, 0.6) is 0 Å². The maximum absolute atomic E-state index is 10.9. The summed E-state index contributed by atoms with van der Waals surface area (Å²) in [5.74, 6) is 0.403. The number of nitrogens with two attached hydrogens (primary N) is 1. The molecular formula is C21H32N6O3S. The van der Waals surface area contributed by atoms with Gasteiger partial charge < -0.3 is 15.5 Å². The van der Waals surface area contributed by atoms with Crippen LogP contribution in [0.15, 0.2) is 29.5 Å². The van der Waals surface area contributed by atoms with Gasteiger partial charge in [-0.15, -0.1) is 12.8 Å². The van der Waals surface area contributed by atoms with Gasteiger partial charge in [0.05, 0.1) is 18.1 Å². The van der Waals surface area contributed by atoms with Crippen LogP contribution < -0.4 is 5.73 Å². The number of terminal acetylenes is 1. The highest BCUT2D eigenvalue weighted by Gasteiger charge is 2.18. The monoisotopic (exact) mass is 448 g/mol. The van der Waals surface area contributed by atoms with Gasteiger partial charge in [-0.2, -0.15) is 0 Å². The Morgan fingerprint density at radius 3 is 2.58 bits per heavy atom. The van der Waals surface area contributed by atoms with Gasteiger partial charge in [0.1, 0.15) is 18.1 Å². The van der Waals surface area contributed by atoms with Crippen LogP contribution in [0.25, 0.3) is 16.7 Å². The molecule has 1 aliphatic rings. The van der Waals surface area contributed by atoms with E-state index in [0.717, 1.165) is 42.7 Å². The minimum absolute atomic E-state index is 0.250. The van der Waals surface area contributed by atoms with E-state index in [0.29, 0.717) is 18.1 Å². The average molecular weight is 449 g/mol. The minimum atomic E-state index is -2.89. The fraction of sp³-hybridized carbons (Fsp3) is 0.476. The van der Waals surface area contributed by atoms with E-state index in [2.05, 4.69) is 32.8 Å². The maximum atomic E-state index is 10.9. The van der Waals surface area contributed by atoms with Crippen LogP contribution in [0.4, 0.5) is 0 Å². The van der Waals surface area contributed by atoms with Gasteiger partial charge in [-0.25, -0.2) is 27.7 Å². The second kappa shape index (κ2) is 13.5. The molecule has 2 aromatic heterocycles. The van der Waals surface area contributed by atoms with Crippen LogP contribution in [0.3, 0.4) is 0 Å². The summed E-state index contributed by atoms with van der Waals surface area (Å²) in [6.45, 7) is 6.10. The molecule has 0 bridgehead atoms. The molecule has 1 aliphatic heterocycles. The Morgan fingerprint density at radius 1 is 1.35 bits per heavy atom. The molecule has 170 valence electrons. The first-order valence-electron chi connectivity index (χ1n) is 10.00. The van der Waals surface area contributed by atoms with Crippen LogP contribution in [0, 0.1) is 12.8 Å². The van der Waals surface area contributed by atoms with Crippen molar-refractivity contribution in [3.8, 4) is 12.8 Å². The number of H-pyrrole nitrogens is 1. The molecule has 0 amide bonds. The summed E-state index contributed by atoms with van der Waals surface area (Å²) in [6.07, 6.45) is 17.8. The molecular weight excluding hydrogens is 416 g/mol. The first-order valence-corrected chi connectivity index (χ1v) is 11.8. The number of hydrogen-bond acceptors (Lipinski definition) is 6. The zero-order valence-corrected chi connectivity index (χ0v) is 19.2. The van der Waals surface area contributed by atoms with Gasteiger partial charge in [0, 0.05) is 31.5 Å². The van der Waals surface area contributed by atoms with E-state index >= 15 is 0 Å². The van der Waals surface area contributed by atoms with E-state index < -0.39 is 10.0 Å².